The zero-order valence-corrected chi connectivity index (χ0v) is 12.2. The van der Waals surface area contributed by atoms with Crippen molar-refractivity contribution in [3.05, 3.63) is 54.6 Å². The van der Waals surface area contributed by atoms with E-state index in [9.17, 15) is 4.79 Å². The van der Waals surface area contributed by atoms with Crippen LogP contribution in [0.4, 0.5) is 0 Å². The number of hydrogen-bond donors (Lipinski definition) is 0. The molecule has 6 heteroatoms. The van der Waals surface area contributed by atoms with Gasteiger partial charge >= 0.3 is 15.6 Å². The highest BCUT2D eigenvalue weighted by Gasteiger charge is 2.05. The Hall–Kier alpha value is -1.84. The van der Waals surface area contributed by atoms with Gasteiger partial charge in [0.05, 0.1) is 0 Å². The largest absolute Gasteiger partial charge is 0.618 e. The molecule has 105 valence electrons. The van der Waals surface area contributed by atoms with Crippen LogP contribution in [0.15, 0.2) is 54.6 Å². The van der Waals surface area contributed by atoms with E-state index in [2.05, 4.69) is 0 Å². The molecule has 0 heterocycles. The molecule has 0 fully saturated rings. The fourth-order valence-electron chi connectivity index (χ4n) is 1.43. The Bertz CT molecular complexity index is 530. The molecule has 0 aliphatic heterocycles. The Balaban J connectivity index is 0.00000180. The van der Waals surface area contributed by atoms with Gasteiger partial charge in [-0.2, -0.15) is 0 Å². The topological polar surface area (TPSA) is 98.5 Å². The van der Waals surface area contributed by atoms with Gasteiger partial charge in [0.1, 0.15) is 11.5 Å². The Kier molecular flexibility index (Phi) is 8.29. The molecule has 0 saturated carbocycles. The van der Waals surface area contributed by atoms with Crippen LogP contribution in [-0.2, 0) is 8.58 Å². The van der Waals surface area contributed by atoms with Crippen molar-refractivity contribution in [2.75, 3.05) is 0 Å². The van der Waals surface area contributed by atoms with Crippen molar-refractivity contribution in [3.8, 4) is 11.5 Å². The Morgan fingerprint density at radius 1 is 0.950 bits per heavy atom. The Morgan fingerprint density at radius 3 is 2.25 bits per heavy atom. The highest BCUT2D eigenvalue weighted by atomic mass is 27.1. The highest BCUT2D eigenvalue weighted by Crippen LogP contribution is 2.19. The highest BCUT2D eigenvalue weighted by molar-refractivity contribution is 6.48. The lowest BCUT2D eigenvalue weighted by Gasteiger charge is -2.07. The SMILES string of the molecule is CC(=O)[O][Al][c]1cccc(Oc2ccccc2)c1.O.O. The van der Waals surface area contributed by atoms with E-state index in [-0.39, 0.29) is 16.9 Å². The minimum Gasteiger partial charge on any atom is -0.618 e. The maximum Gasteiger partial charge on any atom is 0.572 e. The maximum atomic E-state index is 10.8. The first kappa shape index (κ1) is 18.2. The summed E-state index contributed by atoms with van der Waals surface area (Å²) >= 11 is -0.493. The smallest absolute Gasteiger partial charge is 0.572 e. The zero-order chi connectivity index (χ0) is 12.8. The predicted octanol–water partition coefficient (Wildman–Crippen LogP) is 0.637. The van der Waals surface area contributed by atoms with Gasteiger partial charge in [0.15, 0.2) is 0 Å². The monoisotopic (exact) mass is 291 g/mol. The molecule has 0 atom stereocenters. The van der Waals surface area contributed by atoms with Gasteiger partial charge in [-0.25, -0.2) is 0 Å². The minimum absolute atomic E-state index is 0. The molecule has 0 amide bonds. The summed E-state index contributed by atoms with van der Waals surface area (Å²) in [5.74, 6) is 1.29. The molecular formula is C14H16AlO5. The number of rotatable bonds is 4. The third-order valence-corrected chi connectivity index (χ3v) is 3.28. The van der Waals surface area contributed by atoms with Crippen molar-refractivity contribution < 1.29 is 24.3 Å². The number of benzene rings is 2. The van der Waals surface area contributed by atoms with E-state index in [4.69, 9.17) is 8.53 Å². The lowest BCUT2D eigenvalue weighted by Crippen LogP contribution is -2.19. The molecular weight excluding hydrogens is 275 g/mol. The van der Waals surface area contributed by atoms with Gasteiger partial charge in [-0.15, -0.1) is 0 Å². The lowest BCUT2D eigenvalue weighted by molar-refractivity contribution is -0.131. The summed E-state index contributed by atoms with van der Waals surface area (Å²) in [6.45, 7) is 1.41. The summed E-state index contributed by atoms with van der Waals surface area (Å²) in [4.78, 5) is 10.8. The molecule has 0 aliphatic rings. The molecule has 4 N–H and O–H groups in total. The average molecular weight is 291 g/mol. The average Bonchev–Trinajstić information content (AvgIpc) is 2.38. The van der Waals surface area contributed by atoms with Crippen molar-refractivity contribution in [2.24, 2.45) is 0 Å². The van der Waals surface area contributed by atoms with E-state index in [1.165, 1.54) is 6.92 Å². The van der Waals surface area contributed by atoms with Crippen LogP contribution in [0.2, 0.25) is 0 Å². The second-order valence-electron chi connectivity index (χ2n) is 3.71. The van der Waals surface area contributed by atoms with E-state index in [1.807, 2.05) is 54.6 Å². The number of hydrogen-bond acceptors (Lipinski definition) is 3. The van der Waals surface area contributed by atoms with Crippen molar-refractivity contribution in [3.63, 3.8) is 0 Å². The molecule has 2 rings (SSSR count). The van der Waals surface area contributed by atoms with E-state index in [0.29, 0.717) is 0 Å². The Morgan fingerprint density at radius 2 is 1.60 bits per heavy atom. The van der Waals surface area contributed by atoms with Gasteiger partial charge in [-0.05, 0) is 24.3 Å². The van der Waals surface area contributed by atoms with Gasteiger partial charge in [0.2, 0.25) is 0 Å². The number of para-hydroxylation sites is 1. The summed E-state index contributed by atoms with van der Waals surface area (Å²) in [6.07, 6.45) is 0. The van der Waals surface area contributed by atoms with Gasteiger partial charge in [0.25, 0.3) is 5.97 Å². The van der Waals surface area contributed by atoms with Crippen LogP contribution in [0.5, 0.6) is 11.5 Å². The molecule has 0 saturated heterocycles. The predicted molar refractivity (Wildman–Crippen MR) is 77.3 cm³/mol. The standard InChI is InChI=1S/C12H9O.C2H4O2.Al.2H2O/c1-3-7-11(8-4-1)13-12-9-5-2-6-10-12;1-2(3)4;;;/h1-5,7-10H;1H3,(H,3,4);;2*1H2/q;;+1;;/p-1. The molecule has 0 aromatic heterocycles. The quantitative estimate of drug-likeness (QED) is 0.773. The minimum atomic E-state index is -0.493. The first-order valence-corrected chi connectivity index (χ1v) is 6.62. The van der Waals surface area contributed by atoms with E-state index < -0.39 is 15.6 Å². The second-order valence-corrected chi connectivity index (χ2v) is 4.85. The van der Waals surface area contributed by atoms with Crippen LogP contribution in [-0.4, -0.2) is 32.5 Å². The van der Waals surface area contributed by atoms with Crippen LogP contribution < -0.4 is 9.16 Å². The summed E-state index contributed by atoms with van der Waals surface area (Å²) in [5, 5.41) is 0. The lowest BCUT2D eigenvalue weighted by atomic mass is 10.3. The molecule has 2 aromatic rings. The molecule has 5 nitrogen and oxygen atoms in total. The number of ether oxygens (including phenoxy) is 1. The summed E-state index contributed by atoms with van der Waals surface area (Å²) in [6, 6.07) is 17.2. The van der Waals surface area contributed by atoms with Crippen LogP contribution in [0, 0.1) is 0 Å². The van der Waals surface area contributed by atoms with Gasteiger partial charge in [-0.3, -0.25) is 4.79 Å². The van der Waals surface area contributed by atoms with Crippen LogP contribution in [0.25, 0.3) is 0 Å². The van der Waals surface area contributed by atoms with Crippen LogP contribution in [0.3, 0.4) is 0 Å². The van der Waals surface area contributed by atoms with Gasteiger partial charge in [-0.1, -0.05) is 34.8 Å². The van der Waals surface area contributed by atoms with E-state index in [0.717, 1.165) is 15.9 Å². The zero-order valence-electron chi connectivity index (χ0n) is 11.0. The summed E-state index contributed by atoms with van der Waals surface area (Å²) in [7, 11) is 0. The molecule has 0 unspecified atom stereocenters. The van der Waals surface area contributed by atoms with E-state index >= 15 is 0 Å². The van der Waals surface area contributed by atoms with Crippen molar-refractivity contribution in [1.82, 2.24) is 0 Å². The third kappa shape index (κ3) is 5.87. The molecule has 20 heavy (non-hydrogen) atoms. The maximum absolute atomic E-state index is 10.8. The molecule has 0 spiro atoms. The van der Waals surface area contributed by atoms with Gasteiger partial charge in [0, 0.05) is 6.92 Å². The molecule has 0 bridgehead atoms. The van der Waals surface area contributed by atoms with Crippen molar-refractivity contribution in [1.29, 1.82) is 0 Å². The first-order valence-electron chi connectivity index (χ1n) is 5.57. The van der Waals surface area contributed by atoms with Crippen LogP contribution in [0.1, 0.15) is 6.92 Å². The van der Waals surface area contributed by atoms with Crippen molar-refractivity contribution in [2.45, 2.75) is 6.92 Å². The molecule has 1 radical (unpaired) electrons. The number of carbonyl (C=O) groups excluding carboxylic acids is 1. The molecule has 2 aromatic carbocycles. The van der Waals surface area contributed by atoms with Gasteiger partial charge < -0.3 is 19.5 Å². The summed E-state index contributed by atoms with van der Waals surface area (Å²) < 4.78 is 11.7. The third-order valence-electron chi connectivity index (χ3n) is 2.20. The fourth-order valence-corrected chi connectivity index (χ4v) is 2.15. The van der Waals surface area contributed by atoms with Crippen molar-refractivity contribution >= 4 is 25.9 Å². The fraction of sp³-hybridized carbons (Fsp3) is 0.0714. The summed E-state index contributed by atoms with van der Waals surface area (Å²) in [5.41, 5.74) is 0. The van der Waals surface area contributed by atoms with Crippen LogP contribution >= 0.6 is 0 Å². The van der Waals surface area contributed by atoms with E-state index in [1.54, 1.807) is 0 Å². The number of carbonyl (C=O) groups is 1. The Labute approximate surface area is 123 Å². The molecule has 0 aliphatic carbocycles. The normalized spacial score (nSPS) is 8.65. The second kappa shape index (κ2) is 9.13. The first-order chi connectivity index (χ1) is 8.74.